The zero-order chi connectivity index (χ0) is 16.6. The maximum Gasteiger partial charge on any atom is 0.228 e. The van der Waals surface area contributed by atoms with Crippen molar-refractivity contribution in [2.45, 2.75) is 32.2 Å². The molecule has 0 N–H and O–H groups in total. The monoisotopic (exact) mass is 332 g/mol. The van der Waals surface area contributed by atoms with Crippen molar-refractivity contribution in [1.29, 1.82) is 0 Å². The minimum atomic E-state index is 0.0531. The predicted molar refractivity (Wildman–Crippen MR) is 90.3 cm³/mol. The highest BCUT2D eigenvalue weighted by Crippen LogP contribution is 2.46. The zero-order valence-electron chi connectivity index (χ0n) is 14.6. The molecule has 5 nitrogen and oxygen atoms in total. The van der Waals surface area contributed by atoms with Gasteiger partial charge in [-0.2, -0.15) is 0 Å². The van der Waals surface area contributed by atoms with E-state index in [0.717, 1.165) is 51.5 Å². The molecule has 132 valence electrons. The Hall–Kier alpha value is -1.33. The van der Waals surface area contributed by atoms with Gasteiger partial charge in [0.2, 0.25) is 5.91 Å². The third kappa shape index (κ3) is 3.11. The summed E-state index contributed by atoms with van der Waals surface area (Å²) in [5, 5.41) is 0. The lowest BCUT2D eigenvalue weighted by Crippen LogP contribution is -2.45. The van der Waals surface area contributed by atoms with Crippen molar-refractivity contribution in [2.75, 3.05) is 39.9 Å². The lowest BCUT2D eigenvalue weighted by atomic mass is 9.71. The summed E-state index contributed by atoms with van der Waals surface area (Å²) in [5.74, 6) is 1.15. The molecule has 0 aromatic carbocycles. The van der Waals surface area contributed by atoms with Crippen LogP contribution in [-0.4, -0.2) is 55.6 Å². The van der Waals surface area contributed by atoms with Crippen molar-refractivity contribution in [3.63, 3.8) is 0 Å². The Bertz CT molecular complexity index is 559. The molecule has 2 saturated heterocycles. The number of likely N-dealkylation sites (tertiary alicyclic amines) is 2. The van der Waals surface area contributed by atoms with Gasteiger partial charge in [0, 0.05) is 37.7 Å². The Morgan fingerprint density at radius 1 is 1.33 bits per heavy atom. The van der Waals surface area contributed by atoms with Crippen LogP contribution in [0.15, 0.2) is 23.0 Å². The topological polar surface area (TPSA) is 45.9 Å². The molecule has 1 aromatic rings. The average molecular weight is 332 g/mol. The van der Waals surface area contributed by atoms with Gasteiger partial charge in [-0.25, -0.2) is 0 Å². The van der Waals surface area contributed by atoms with E-state index in [0.29, 0.717) is 12.5 Å². The maximum atomic E-state index is 12.9. The molecule has 0 unspecified atom stereocenters. The SMILES string of the molecule is COC[C@H]1C(=O)N(CC2CC2)CC12CCN(Cc1ccoc1)CC2. The highest BCUT2D eigenvalue weighted by Gasteiger charge is 2.53. The van der Waals surface area contributed by atoms with Crippen LogP contribution >= 0.6 is 0 Å². The lowest BCUT2D eigenvalue weighted by Gasteiger charge is -2.41. The Kier molecular flexibility index (Phi) is 4.39. The van der Waals surface area contributed by atoms with Crippen molar-refractivity contribution >= 4 is 5.91 Å². The average Bonchev–Trinajstić information content (AvgIpc) is 3.19. The van der Waals surface area contributed by atoms with Crippen LogP contribution in [0.1, 0.15) is 31.2 Å². The second-order valence-corrected chi connectivity index (χ2v) is 7.94. The molecule has 2 aliphatic heterocycles. The van der Waals surface area contributed by atoms with Crippen LogP contribution in [0.5, 0.6) is 0 Å². The molecule has 1 spiro atoms. The van der Waals surface area contributed by atoms with E-state index in [4.69, 9.17) is 9.15 Å². The first-order valence-corrected chi connectivity index (χ1v) is 9.21. The number of piperidine rings is 1. The third-order valence-corrected chi connectivity index (χ3v) is 6.20. The van der Waals surface area contributed by atoms with Crippen LogP contribution in [0.4, 0.5) is 0 Å². The van der Waals surface area contributed by atoms with E-state index < -0.39 is 0 Å². The molecule has 3 heterocycles. The van der Waals surface area contributed by atoms with Crippen molar-refractivity contribution in [2.24, 2.45) is 17.3 Å². The van der Waals surface area contributed by atoms with Gasteiger partial charge in [0.25, 0.3) is 0 Å². The van der Waals surface area contributed by atoms with Gasteiger partial charge in [0.15, 0.2) is 0 Å². The van der Waals surface area contributed by atoms with E-state index >= 15 is 0 Å². The highest BCUT2D eigenvalue weighted by molar-refractivity contribution is 5.82. The predicted octanol–water partition coefficient (Wildman–Crippen LogP) is 2.38. The molecule has 3 aliphatic rings. The van der Waals surface area contributed by atoms with Crippen molar-refractivity contribution < 1.29 is 13.9 Å². The Labute approximate surface area is 143 Å². The third-order valence-electron chi connectivity index (χ3n) is 6.20. The first-order chi connectivity index (χ1) is 11.7. The number of amides is 1. The summed E-state index contributed by atoms with van der Waals surface area (Å²) in [6, 6.07) is 2.04. The summed E-state index contributed by atoms with van der Waals surface area (Å²) in [4.78, 5) is 17.5. The molecule has 4 rings (SSSR count). The number of carbonyl (C=O) groups excluding carboxylic acids is 1. The molecule has 1 amide bonds. The van der Waals surface area contributed by atoms with Crippen LogP contribution in [-0.2, 0) is 16.1 Å². The molecule has 5 heteroatoms. The molecule has 0 radical (unpaired) electrons. The molecule has 24 heavy (non-hydrogen) atoms. The van der Waals surface area contributed by atoms with Gasteiger partial charge in [-0.15, -0.1) is 0 Å². The van der Waals surface area contributed by atoms with Crippen molar-refractivity contribution in [3.05, 3.63) is 24.2 Å². The number of hydrogen-bond donors (Lipinski definition) is 0. The number of carbonyl (C=O) groups is 1. The fourth-order valence-electron chi connectivity index (χ4n) is 4.54. The Balaban J connectivity index is 1.41. The molecule has 3 fully saturated rings. The summed E-state index contributed by atoms with van der Waals surface area (Å²) >= 11 is 0. The van der Waals surface area contributed by atoms with Gasteiger partial charge in [0.1, 0.15) is 0 Å². The minimum Gasteiger partial charge on any atom is -0.472 e. The number of ether oxygens (including phenoxy) is 1. The smallest absolute Gasteiger partial charge is 0.228 e. The maximum absolute atomic E-state index is 12.9. The first-order valence-electron chi connectivity index (χ1n) is 9.21. The lowest BCUT2D eigenvalue weighted by molar-refractivity contribution is -0.133. The molecular formula is C19H28N2O3. The quantitative estimate of drug-likeness (QED) is 0.802. The van der Waals surface area contributed by atoms with Crippen molar-refractivity contribution in [1.82, 2.24) is 9.80 Å². The molecule has 1 aliphatic carbocycles. The zero-order valence-corrected chi connectivity index (χ0v) is 14.6. The van der Waals surface area contributed by atoms with E-state index in [1.165, 1.54) is 18.4 Å². The van der Waals surface area contributed by atoms with Gasteiger partial charge >= 0.3 is 0 Å². The number of rotatable bonds is 6. The highest BCUT2D eigenvalue weighted by atomic mass is 16.5. The van der Waals surface area contributed by atoms with Gasteiger partial charge in [-0.3, -0.25) is 9.69 Å². The van der Waals surface area contributed by atoms with Crippen LogP contribution in [0.25, 0.3) is 0 Å². The molecule has 1 atom stereocenters. The van der Waals surface area contributed by atoms with Gasteiger partial charge < -0.3 is 14.1 Å². The van der Waals surface area contributed by atoms with E-state index in [1.54, 1.807) is 13.4 Å². The second kappa shape index (κ2) is 6.52. The molecule has 1 aromatic heterocycles. The Morgan fingerprint density at radius 2 is 2.12 bits per heavy atom. The van der Waals surface area contributed by atoms with E-state index in [1.807, 2.05) is 12.3 Å². The summed E-state index contributed by atoms with van der Waals surface area (Å²) < 4.78 is 10.6. The van der Waals surface area contributed by atoms with Gasteiger partial charge in [-0.05, 0) is 50.8 Å². The van der Waals surface area contributed by atoms with Crippen LogP contribution in [0.2, 0.25) is 0 Å². The van der Waals surface area contributed by atoms with E-state index in [2.05, 4.69) is 9.80 Å². The summed E-state index contributed by atoms with van der Waals surface area (Å²) in [5.41, 5.74) is 1.35. The largest absolute Gasteiger partial charge is 0.472 e. The normalized spacial score (nSPS) is 27.3. The molecule has 0 bridgehead atoms. The Morgan fingerprint density at radius 3 is 2.75 bits per heavy atom. The van der Waals surface area contributed by atoms with E-state index in [9.17, 15) is 4.79 Å². The van der Waals surface area contributed by atoms with Gasteiger partial charge in [0.05, 0.1) is 25.1 Å². The molecular weight excluding hydrogens is 304 g/mol. The number of furan rings is 1. The van der Waals surface area contributed by atoms with Crippen LogP contribution in [0.3, 0.4) is 0 Å². The summed E-state index contributed by atoms with van der Waals surface area (Å²) in [6.45, 7) is 5.53. The standard InChI is InChI=1S/C19H28N2O3/c1-23-13-17-18(22)21(11-15-2-3-15)14-19(17)5-7-20(8-6-19)10-16-4-9-24-12-16/h4,9,12,15,17H,2-3,5-8,10-11,13-14H2,1H3/t17-/m0/s1. The van der Waals surface area contributed by atoms with Crippen LogP contribution in [0, 0.1) is 17.3 Å². The number of methoxy groups -OCH3 is 1. The fraction of sp³-hybridized carbons (Fsp3) is 0.737. The van der Waals surface area contributed by atoms with Crippen LogP contribution < -0.4 is 0 Å². The van der Waals surface area contributed by atoms with Gasteiger partial charge in [-0.1, -0.05) is 0 Å². The fourth-order valence-corrected chi connectivity index (χ4v) is 4.54. The number of hydrogen-bond acceptors (Lipinski definition) is 4. The summed E-state index contributed by atoms with van der Waals surface area (Å²) in [6.07, 6.45) is 8.33. The summed E-state index contributed by atoms with van der Waals surface area (Å²) in [7, 11) is 1.72. The second-order valence-electron chi connectivity index (χ2n) is 7.94. The van der Waals surface area contributed by atoms with E-state index in [-0.39, 0.29) is 11.3 Å². The molecule has 1 saturated carbocycles. The minimum absolute atomic E-state index is 0.0531. The van der Waals surface area contributed by atoms with Crippen molar-refractivity contribution in [3.8, 4) is 0 Å². The number of nitrogens with zero attached hydrogens (tertiary/aromatic N) is 2. The first kappa shape index (κ1) is 16.2.